The number of aromatic nitrogens is 3. The Labute approximate surface area is 182 Å². The zero-order valence-electron chi connectivity index (χ0n) is 16.0. The Morgan fingerprint density at radius 3 is 2.23 bits per heavy atom. The van der Waals surface area contributed by atoms with E-state index in [1.165, 1.54) is 17.3 Å². The van der Waals surface area contributed by atoms with Crippen molar-refractivity contribution in [3.8, 4) is 0 Å². The maximum atomic E-state index is 13.2. The average Bonchev–Trinajstić information content (AvgIpc) is 3.23. The van der Waals surface area contributed by atoms with Crippen molar-refractivity contribution in [2.24, 2.45) is 0 Å². The van der Waals surface area contributed by atoms with E-state index in [-0.39, 0.29) is 11.7 Å². The van der Waals surface area contributed by atoms with E-state index in [1.807, 2.05) is 59.5 Å². The number of carbonyl (C=O) groups is 1. The summed E-state index contributed by atoms with van der Waals surface area (Å²) in [4.78, 5) is 21.7. The second kappa shape index (κ2) is 8.38. The lowest BCUT2D eigenvalue weighted by Crippen LogP contribution is -2.30. The molecule has 0 saturated carbocycles. The lowest BCUT2D eigenvalue weighted by molar-refractivity contribution is -0.115. The van der Waals surface area contributed by atoms with Crippen LogP contribution in [-0.4, -0.2) is 26.8 Å². The maximum absolute atomic E-state index is 13.2. The summed E-state index contributed by atoms with van der Waals surface area (Å²) in [5, 5.41) is 7.83. The van der Waals surface area contributed by atoms with Gasteiger partial charge in [0.05, 0.1) is 17.1 Å². The van der Waals surface area contributed by atoms with Crippen LogP contribution in [0.25, 0.3) is 0 Å². The van der Waals surface area contributed by atoms with Crippen molar-refractivity contribution in [3.63, 3.8) is 0 Å². The molecule has 0 spiro atoms. The van der Waals surface area contributed by atoms with Gasteiger partial charge in [-0.15, -0.1) is 5.10 Å². The Balaban J connectivity index is 1.32. The molecule has 0 unspecified atom stereocenters. The Morgan fingerprint density at radius 2 is 1.53 bits per heavy atom. The predicted octanol–water partition coefficient (Wildman–Crippen LogP) is 5.32. The average molecular weight is 431 g/mol. The molecule has 1 aromatic heterocycles. The third kappa shape index (κ3) is 3.86. The molecule has 0 aliphatic carbocycles. The van der Waals surface area contributed by atoms with Crippen LogP contribution in [0.15, 0.2) is 93.8 Å². The van der Waals surface area contributed by atoms with Crippen LogP contribution in [0, 0.1) is 0 Å². The van der Waals surface area contributed by atoms with E-state index in [1.54, 1.807) is 11.8 Å². The van der Waals surface area contributed by atoms with Crippen molar-refractivity contribution in [2.75, 3.05) is 10.7 Å². The summed E-state index contributed by atoms with van der Waals surface area (Å²) in [5.74, 6) is 1.06. The van der Waals surface area contributed by atoms with Crippen LogP contribution >= 0.6 is 23.5 Å². The zero-order chi connectivity index (χ0) is 20.3. The first-order chi connectivity index (χ1) is 14.8. The summed E-state index contributed by atoms with van der Waals surface area (Å²) in [6, 6.07) is 26.1. The molecule has 0 radical (unpaired) electrons. The number of nitrogens with zero attached hydrogens (tertiary/aromatic N) is 3. The van der Waals surface area contributed by atoms with Gasteiger partial charge in [-0.1, -0.05) is 78.1 Å². The quantitative estimate of drug-likeness (QED) is 0.434. The van der Waals surface area contributed by atoms with Gasteiger partial charge in [-0.25, -0.2) is 4.98 Å². The third-order valence-electron chi connectivity index (χ3n) is 4.73. The smallest absolute Gasteiger partial charge is 0.242 e. The fourth-order valence-electron chi connectivity index (χ4n) is 3.37. The van der Waals surface area contributed by atoms with Gasteiger partial charge in [0.2, 0.25) is 11.1 Å². The number of benzene rings is 3. The minimum absolute atomic E-state index is 0.00890. The molecule has 148 valence electrons. The molecule has 4 aromatic rings. The lowest BCUT2D eigenvalue weighted by Gasteiger charge is -2.30. The van der Waals surface area contributed by atoms with Crippen LogP contribution in [0.1, 0.15) is 11.4 Å². The van der Waals surface area contributed by atoms with E-state index >= 15 is 0 Å². The van der Waals surface area contributed by atoms with Gasteiger partial charge in [0.15, 0.2) is 0 Å². The number of rotatable bonds is 5. The molecule has 1 aliphatic rings. The summed E-state index contributed by atoms with van der Waals surface area (Å²) >= 11 is 3.04. The molecular formula is C23H18N4OS2. The number of para-hydroxylation sites is 2. The van der Waals surface area contributed by atoms with Gasteiger partial charge >= 0.3 is 0 Å². The van der Waals surface area contributed by atoms with Crippen LogP contribution in [-0.2, 0) is 11.2 Å². The van der Waals surface area contributed by atoms with Gasteiger partial charge in [-0.3, -0.25) is 14.8 Å². The maximum Gasteiger partial charge on any atom is 0.242 e. The van der Waals surface area contributed by atoms with Crippen LogP contribution in [0.5, 0.6) is 0 Å². The molecule has 3 aromatic carbocycles. The Hall–Kier alpha value is -3.03. The van der Waals surface area contributed by atoms with Gasteiger partial charge in [-0.2, -0.15) is 0 Å². The number of hydrogen-bond donors (Lipinski definition) is 1. The molecule has 1 N–H and O–H groups in total. The van der Waals surface area contributed by atoms with Crippen molar-refractivity contribution in [3.05, 3.63) is 90.3 Å². The molecule has 1 amide bonds. The number of amides is 1. The number of H-pyrrole nitrogens is 1. The number of fused-ring (bicyclic) bond motifs is 2. The Morgan fingerprint density at radius 1 is 0.900 bits per heavy atom. The van der Waals surface area contributed by atoms with E-state index in [9.17, 15) is 4.79 Å². The van der Waals surface area contributed by atoms with Crippen LogP contribution in [0.3, 0.4) is 0 Å². The molecule has 30 heavy (non-hydrogen) atoms. The van der Waals surface area contributed by atoms with E-state index in [0.717, 1.165) is 27.0 Å². The Kier molecular flexibility index (Phi) is 5.29. The molecule has 0 atom stereocenters. The highest BCUT2D eigenvalue weighted by atomic mass is 32.2. The summed E-state index contributed by atoms with van der Waals surface area (Å²) in [6.07, 6.45) is 0.687. The first-order valence-corrected chi connectivity index (χ1v) is 11.3. The molecule has 2 heterocycles. The summed E-state index contributed by atoms with van der Waals surface area (Å²) < 4.78 is 0. The molecule has 0 saturated heterocycles. The van der Waals surface area contributed by atoms with E-state index < -0.39 is 0 Å². The highest BCUT2D eigenvalue weighted by Crippen LogP contribution is 2.48. The van der Waals surface area contributed by atoms with Crippen molar-refractivity contribution < 1.29 is 4.79 Å². The van der Waals surface area contributed by atoms with Gasteiger partial charge in [0.25, 0.3) is 0 Å². The summed E-state index contributed by atoms with van der Waals surface area (Å²) in [5.41, 5.74) is 3.01. The number of nitrogens with one attached hydrogen (secondary N) is 1. The fraction of sp³-hybridized carbons (Fsp3) is 0.0870. The number of thioether (sulfide) groups is 1. The molecular weight excluding hydrogens is 412 g/mol. The second-order valence-corrected chi connectivity index (χ2v) is 8.81. The van der Waals surface area contributed by atoms with Crippen molar-refractivity contribution in [1.82, 2.24) is 15.2 Å². The minimum Gasteiger partial charge on any atom is -0.278 e. The molecule has 0 fully saturated rings. The number of carbonyl (C=O) groups excluding carboxylic acids is 1. The Bertz CT molecular complexity index is 1150. The fourth-order valence-corrected chi connectivity index (χ4v) is 5.10. The number of anilines is 2. The summed E-state index contributed by atoms with van der Waals surface area (Å²) in [7, 11) is 0. The highest BCUT2D eigenvalue weighted by molar-refractivity contribution is 8.00. The van der Waals surface area contributed by atoms with E-state index in [4.69, 9.17) is 0 Å². The first-order valence-electron chi connectivity index (χ1n) is 9.55. The van der Waals surface area contributed by atoms with Gasteiger partial charge in [-0.05, 0) is 29.8 Å². The van der Waals surface area contributed by atoms with Crippen molar-refractivity contribution in [2.45, 2.75) is 21.4 Å². The van der Waals surface area contributed by atoms with Crippen LogP contribution < -0.4 is 4.90 Å². The molecule has 5 nitrogen and oxygen atoms in total. The van der Waals surface area contributed by atoms with E-state index in [2.05, 4.69) is 39.4 Å². The topological polar surface area (TPSA) is 61.9 Å². The standard InChI is InChI=1S/C23H18N4OS2/c28-22(15-29-23-24-21(25-26-23)14-16-8-2-1-3-9-16)27-17-10-4-6-12-19(17)30-20-13-7-5-11-18(20)27/h1-13H,14-15H2,(H,24,25,26). The van der Waals surface area contributed by atoms with Crippen molar-refractivity contribution in [1.29, 1.82) is 0 Å². The molecule has 0 bridgehead atoms. The van der Waals surface area contributed by atoms with E-state index in [0.29, 0.717) is 11.6 Å². The van der Waals surface area contributed by atoms with Crippen molar-refractivity contribution >= 4 is 40.8 Å². The first kappa shape index (κ1) is 19.0. The predicted molar refractivity (Wildman–Crippen MR) is 121 cm³/mol. The molecule has 7 heteroatoms. The van der Waals surface area contributed by atoms with Crippen LogP contribution in [0.2, 0.25) is 0 Å². The van der Waals surface area contributed by atoms with Gasteiger partial charge < -0.3 is 0 Å². The normalized spacial score (nSPS) is 12.3. The molecule has 1 aliphatic heterocycles. The van der Waals surface area contributed by atoms with Crippen LogP contribution in [0.4, 0.5) is 11.4 Å². The molecule has 5 rings (SSSR count). The number of aromatic amines is 1. The SMILES string of the molecule is O=C(CSc1n[nH]c(Cc2ccccc2)n1)N1c2ccccc2Sc2ccccc21. The second-order valence-electron chi connectivity index (χ2n) is 6.78. The summed E-state index contributed by atoms with van der Waals surface area (Å²) in [6.45, 7) is 0. The highest BCUT2D eigenvalue weighted by Gasteiger charge is 2.27. The zero-order valence-corrected chi connectivity index (χ0v) is 17.6. The van der Waals surface area contributed by atoms with Gasteiger partial charge in [0.1, 0.15) is 5.82 Å². The van der Waals surface area contributed by atoms with Gasteiger partial charge in [0, 0.05) is 16.2 Å². The number of hydrogen-bond acceptors (Lipinski definition) is 5. The largest absolute Gasteiger partial charge is 0.278 e. The minimum atomic E-state index is 0.00890. The third-order valence-corrected chi connectivity index (χ3v) is 6.69. The monoisotopic (exact) mass is 430 g/mol. The lowest BCUT2D eigenvalue weighted by atomic mass is 10.1.